The van der Waals surface area contributed by atoms with E-state index < -0.39 is 5.92 Å². The van der Waals surface area contributed by atoms with Crippen LogP contribution in [0.5, 0.6) is 0 Å². The third-order valence-corrected chi connectivity index (χ3v) is 6.72. The highest BCUT2D eigenvalue weighted by atomic mass is 127. The molecule has 7 nitrogen and oxygen atoms in total. The van der Waals surface area contributed by atoms with Gasteiger partial charge in [0, 0.05) is 38.6 Å². The van der Waals surface area contributed by atoms with Crippen molar-refractivity contribution >= 4 is 33.5 Å². The summed E-state index contributed by atoms with van der Waals surface area (Å²) in [5.74, 6) is -0.511. The maximum absolute atomic E-state index is 12.8. The van der Waals surface area contributed by atoms with E-state index in [4.69, 9.17) is 0 Å². The third-order valence-electron chi connectivity index (χ3n) is 6.00. The Hall–Kier alpha value is -3.27. The minimum absolute atomic E-state index is 0.220. The third kappa shape index (κ3) is 3.44. The van der Waals surface area contributed by atoms with Gasteiger partial charge in [0.1, 0.15) is 0 Å². The number of aryl methyl sites for hydroxylation is 2. The second-order valence-electron chi connectivity index (χ2n) is 8.02. The van der Waals surface area contributed by atoms with E-state index in [0.29, 0.717) is 17.7 Å². The molecule has 4 N–H and O–H groups in total. The number of hydrogen-bond acceptors (Lipinski definition) is 2. The lowest BCUT2D eigenvalue weighted by Gasteiger charge is -2.15. The van der Waals surface area contributed by atoms with Crippen molar-refractivity contribution in [2.24, 2.45) is 0 Å². The molecule has 0 bridgehead atoms. The van der Waals surface area contributed by atoms with E-state index in [1.807, 2.05) is 26.0 Å². The summed E-state index contributed by atoms with van der Waals surface area (Å²) >= 11 is 2.30. The molecule has 0 aliphatic rings. The van der Waals surface area contributed by atoms with Crippen LogP contribution in [0.3, 0.4) is 0 Å². The Bertz CT molecular complexity index is 1480. The Labute approximate surface area is 197 Å². The molecule has 3 aromatic heterocycles. The number of nitrogens with one attached hydrogen (secondary N) is 4. The zero-order valence-corrected chi connectivity index (χ0v) is 19.8. The van der Waals surface area contributed by atoms with Gasteiger partial charge in [-0.05, 0) is 65.8 Å². The van der Waals surface area contributed by atoms with Crippen molar-refractivity contribution in [2.45, 2.75) is 26.3 Å². The number of aromatic nitrogens is 5. The van der Waals surface area contributed by atoms with Crippen LogP contribution >= 0.6 is 22.6 Å². The molecule has 5 aromatic rings. The largest absolute Gasteiger partial charge is 0.343 e. The van der Waals surface area contributed by atoms with Gasteiger partial charge in [0.05, 0.1) is 17.0 Å². The lowest BCUT2D eigenvalue weighted by molar-refractivity contribution is 0.823. The molecular weight excluding hydrogens is 517 g/mol. The number of hydrogen-bond donors (Lipinski definition) is 4. The highest BCUT2D eigenvalue weighted by Crippen LogP contribution is 2.36. The zero-order chi connectivity index (χ0) is 22.4. The fraction of sp³-hybridized carbons (Fsp3) is 0.167. The van der Waals surface area contributed by atoms with E-state index >= 15 is 0 Å². The predicted octanol–water partition coefficient (Wildman–Crippen LogP) is 4.12. The Balaban J connectivity index is 1.76. The zero-order valence-electron chi connectivity index (χ0n) is 17.6. The minimum atomic E-state index is -0.511. The summed E-state index contributed by atoms with van der Waals surface area (Å²) in [5.41, 5.74) is 5.26. The summed E-state index contributed by atoms with van der Waals surface area (Å²) in [6.45, 7) is 4.39. The van der Waals surface area contributed by atoms with E-state index in [9.17, 15) is 9.59 Å². The fourth-order valence-electron chi connectivity index (χ4n) is 4.48. The fourth-order valence-corrected chi connectivity index (χ4v) is 4.84. The Kier molecular flexibility index (Phi) is 5.16. The van der Waals surface area contributed by atoms with Crippen LogP contribution in [0, 0.1) is 17.4 Å². The van der Waals surface area contributed by atoms with Gasteiger partial charge in [0.25, 0.3) is 11.1 Å². The molecule has 0 fully saturated rings. The van der Waals surface area contributed by atoms with E-state index in [-0.39, 0.29) is 11.1 Å². The van der Waals surface area contributed by atoms with E-state index in [1.54, 1.807) is 0 Å². The summed E-state index contributed by atoms with van der Waals surface area (Å²) < 4.78 is 3.38. The van der Waals surface area contributed by atoms with E-state index in [0.717, 1.165) is 27.9 Å². The van der Waals surface area contributed by atoms with Crippen LogP contribution in [0.4, 0.5) is 0 Å². The summed E-state index contributed by atoms with van der Waals surface area (Å²) in [6, 6.07) is 16.5. The normalized spacial score (nSPS) is 11.6. The van der Waals surface area contributed by atoms with Crippen molar-refractivity contribution in [3.8, 4) is 0 Å². The standard InChI is InChI=1S/C24H22IN5O2/c1-13-20(23(31)28-26-13)22(21-14(2)27-29-24(21)32)18-12-30(19-6-4-3-5-17(18)19)11-15-7-9-16(25)10-8-15/h3-10,12,22H,11H2,1-2H3,(H2,26,28,31)(H2,27,29,32). The minimum Gasteiger partial charge on any atom is -0.343 e. The van der Waals surface area contributed by atoms with Crippen LogP contribution in [-0.4, -0.2) is 25.0 Å². The lowest BCUT2D eigenvalue weighted by Crippen LogP contribution is -2.20. The summed E-state index contributed by atoms with van der Waals surface area (Å²) in [4.78, 5) is 25.6. The van der Waals surface area contributed by atoms with Gasteiger partial charge in [-0.15, -0.1) is 0 Å². The summed E-state index contributed by atoms with van der Waals surface area (Å²) in [7, 11) is 0. The molecule has 0 atom stereocenters. The van der Waals surface area contributed by atoms with Crippen LogP contribution in [0.25, 0.3) is 10.9 Å². The molecule has 0 spiro atoms. The Morgan fingerprint density at radius 1 is 0.844 bits per heavy atom. The molecule has 5 rings (SSSR count). The molecule has 162 valence electrons. The number of benzene rings is 2. The Morgan fingerprint density at radius 3 is 2.00 bits per heavy atom. The van der Waals surface area contributed by atoms with Crippen molar-refractivity contribution in [1.29, 1.82) is 0 Å². The first-order valence-corrected chi connectivity index (χ1v) is 11.4. The highest BCUT2D eigenvalue weighted by molar-refractivity contribution is 14.1. The van der Waals surface area contributed by atoms with Gasteiger partial charge < -0.3 is 14.8 Å². The van der Waals surface area contributed by atoms with Gasteiger partial charge in [-0.3, -0.25) is 19.8 Å². The average Bonchev–Trinajstić information content (AvgIpc) is 3.42. The summed E-state index contributed by atoms with van der Waals surface area (Å²) in [6.07, 6.45) is 2.07. The molecule has 32 heavy (non-hydrogen) atoms. The number of aromatic amines is 4. The second-order valence-corrected chi connectivity index (χ2v) is 9.27. The predicted molar refractivity (Wildman–Crippen MR) is 133 cm³/mol. The van der Waals surface area contributed by atoms with Crippen LogP contribution in [0.1, 0.15) is 39.6 Å². The lowest BCUT2D eigenvalue weighted by atomic mass is 9.85. The van der Waals surface area contributed by atoms with Gasteiger partial charge in [0.2, 0.25) is 0 Å². The molecule has 2 aromatic carbocycles. The molecule has 3 heterocycles. The van der Waals surface area contributed by atoms with E-state index in [2.05, 4.69) is 90.1 Å². The molecule has 0 aliphatic heterocycles. The number of nitrogens with zero attached hydrogens (tertiary/aromatic N) is 1. The van der Waals surface area contributed by atoms with Gasteiger partial charge in [-0.25, -0.2) is 0 Å². The van der Waals surface area contributed by atoms with Gasteiger partial charge in [0.15, 0.2) is 0 Å². The first-order chi connectivity index (χ1) is 15.4. The van der Waals surface area contributed by atoms with Gasteiger partial charge in [-0.1, -0.05) is 30.3 Å². The monoisotopic (exact) mass is 539 g/mol. The smallest absolute Gasteiger partial charge is 0.268 e. The molecule has 0 unspecified atom stereocenters. The van der Waals surface area contributed by atoms with Crippen molar-refractivity contribution in [2.75, 3.05) is 0 Å². The molecule has 0 amide bonds. The maximum Gasteiger partial charge on any atom is 0.268 e. The first kappa shape index (κ1) is 20.6. The molecule has 0 saturated heterocycles. The second kappa shape index (κ2) is 8.01. The van der Waals surface area contributed by atoms with Crippen molar-refractivity contribution in [3.63, 3.8) is 0 Å². The number of halogens is 1. The number of fused-ring (bicyclic) bond motifs is 1. The van der Waals surface area contributed by atoms with Crippen molar-refractivity contribution < 1.29 is 0 Å². The van der Waals surface area contributed by atoms with Crippen LogP contribution < -0.4 is 11.1 Å². The topological polar surface area (TPSA) is 102 Å². The Morgan fingerprint density at radius 2 is 1.44 bits per heavy atom. The van der Waals surface area contributed by atoms with Crippen LogP contribution in [0.2, 0.25) is 0 Å². The van der Waals surface area contributed by atoms with Gasteiger partial charge >= 0.3 is 0 Å². The molecular formula is C24H22IN5O2. The maximum atomic E-state index is 12.8. The van der Waals surface area contributed by atoms with Crippen LogP contribution in [-0.2, 0) is 6.54 Å². The quantitative estimate of drug-likeness (QED) is 0.253. The molecule has 0 aliphatic carbocycles. The molecule has 8 heteroatoms. The van der Waals surface area contributed by atoms with Crippen LogP contribution in [0.15, 0.2) is 64.3 Å². The van der Waals surface area contributed by atoms with Crippen molar-refractivity contribution in [1.82, 2.24) is 25.0 Å². The number of rotatable bonds is 5. The first-order valence-electron chi connectivity index (χ1n) is 10.3. The van der Waals surface area contributed by atoms with E-state index in [1.165, 1.54) is 9.13 Å². The molecule has 0 saturated carbocycles. The molecule has 0 radical (unpaired) electrons. The number of para-hydroxylation sites is 1. The van der Waals surface area contributed by atoms with Crippen molar-refractivity contribution in [3.05, 3.63) is 113 Å². The average molecular weight is 539 g/mol. The SMILES string of the molecule is Cc1[nH][nH]c(=O)c1C(c1c(C)[nH][nH]c1=O)c1cn(Cc2ccc(I)cc2)c2ccccc12. The van der Waals surface area contributed by atoms with Gasteiger partial charge in [-0.2, -0.15) is 0 Å². The number of H-pyrrole nitrogens is 4. The summed E-state index contributed by atoms with van der Waals surface area (Å²) in [5, 5.41) is 12.2. The highest BCUT2D eigenvalue weighted by Gasteiger charge is 2.30.